The lowest BCUT2D eigenvalue weighted by Gasteiger charge is -2.16. The molecule has 0 radical (unpaired) electrons. The molecule has 180 valence electrons. The zero-order valence-corrected chi connectivity index (χ0v) is 20.7. The quantitative estimate of drug-likeness (QED) is 0.321. The van der Waals surface area contributed by atoms with Gasteiger partial charge in [0.1, 0.15) is 5.58 Å². The average Bonchev–Trinajstić information content (AvgIpc) is 3.47. The monoisotopic (exact) mass is 484 g/mol. The second-order valence-corrected chi connectivity index (χ2v) is 10.7. The first-order chi connectivity index (χ1) is 16.1. The minimum absolute atomic E-state index is 0.0823. The van der Waals surface area contributed by atoms with Gasteiger partial charge in [-0.15, -0.1) is 11.3 Å². The molecule has 0 N–H and O–H groups in total. The van der Waals surface area contributed by atoms with E-state index in [2.05, 4.69) is 19.1 Å². The Morgan fingerprint density at radius 2 is 1.88 bits per heavy atom. The van der Waals surface area contributed by atoms with Crippen molar-refractivity contribution in [2.24, 2.45) is 5.41 Å². The third-order valence-electron chi connectivity index (χ3n) is 5.64. The van der Waals surface area contributed by atoms with E-state index in [1.807, 2.05) is 6.92 Å². The van der Waals surface area contributed by atoms with Gasteiger partial charge in [-0.3, -0.25) is 9.59 Å². The molecule has 0 amide bonds. The van der Waals surface area contributed by atoms with Crippen LogP contribution in [0.1, 0.15) is 71.8 Å². The molecule has 0 saturated heterocycles. The number of carbonyl (C=O) groups excluding carboxylic acids is 2. The Bertz CT molecular complexity index is 1290. The fraction of sp³-hybridized carbons (Fsp3) is 0.423. The van der Waals surface area contributed by atoms with Crippen LogP contribution in [0.4, 0.5) is 0 Å². The lowest BCUT2D eigenvalue weighted by atomic mass is 9.98. The summed E-state index contributed by atoms with van der Waals surface area (Å²) in [4.78, 5) is 40.1. The van der Waals surface area contributed by atoms with Crippen LogP contribution >= 0.6 is 11.3 Å². The van der Waals surface area contributed by atoms with E-state index in [4.69, 9.17) is 18.6 Å². The number of hydrogen-bond acceptors (Lipinski definition) is 8. The molecule has 2 atom stereocenters. The van der Waals surface area contributed by atoms with Crippen molar-refractivity contribution >= 4 is 34.2 Å². The molecule has 0 aliphatic heterocycles. The molecular formula is C26H28O7S. The van der Waals surface area contributed by atoms with E-state index in [9.17, 15) is 14.4 Å². The highest BCUT2D eigenvalue weighted by Gasteiger charge is 2.45. The molecule has 8 heteroatoms. The van der Waals surface area contributed by atoms with Crippen LogP contribution in [0.3, 0.4) is 0 Å². The topological polar surface area (TPSA) is 92.0 Å². The number of benzene rings is 1. The van der Waals surface area contributed by atoms with E-state index in [1.165, 1.54) is 21.9 Å². The van der Waals surface area contributed by atoms with Gasteiger partial charge in [-0.1, -0.05) is 0 Å². The molecule has 2 heterocycles. The Morgan fingerprint density at radius 3 is 2.53 bits per heavy atom. The summed E-state index contributed by atoms with van der Waals surface area (Å²) in [5.41, 5.74) is -0.489. The van der Waals surface area contributed by atoms with Crippen molar-refractivity contribution in [2.75, 3.05) is 13.4 Å². The van der Waals surface area contributed by atoms with Crippen LogP contribution < -0.4 is 10.2 Å². The predicted molar refractivity (Wildman–Crippen MR) is 129 cm³/mol. The van der Waals surface area contributed by atoms with Crippen molar-refractivity contribution in [3.63, 3.8) is 0 Å². The van der Waals surface area contributed by atoms with Gasteiger partial charge in [0.2, 0.25) is 18.0 Å². The van der Waals surface area contributed by atoms with Crippen LogP contribution in [0, 0.1) is 12.3 Å². The molecule has 1 aromatic carbocycles. The van der Waals surface area contributed by atoms with Crippen molar-refractivity contribution < 1.29 is 28.2 Å². The van der Waals surface area contributed by atoms with Crippen LogP contribution in [0.2, 0.25) is 0 Å². The van der Waals surface area contributed by atoms with Crippen molar-refractivity contribution in [1.82, 2.24) is 0 Å². The first-order valence-corrected chi connectivity index (χ1v) is 12.1. The second-order valence-electron chi connectivity index (χ2n) is 9.40. The Balaban J connectivity index is 1.58. The summed E-state index contributed by atoms with van der Waals surface area (Å²) in [6.07, 6.45) is 0.895. The number of esters is 2. The number of carbonyl (C=O) groups is 2. The van der Waals surface area contributed by atoms with E-state index in [0.29, 0.717) is 23.9 Å². The van der Waals surface area contributed by atoms with Crippen LogP contribution in [-0.4, -0.2) is 25.3 Å². The SMILES string of the molecule is CCOc1c(C2CC2c2ccc(C)s2)oc2ccc(C(=O)OCOC(=O)C(C)(C)C)cc2c1=O. The van der Waals surface area contributed by atoms with Gasteiger partial charge in [0.25, 0.3) is 0 Å². The number of rotatable bonds is 7. The first kappa shape index (κ1) is 24.0. The maximum atomic E-state index is 13.3. The number of thiophene rings is 1. The molecule has 34 heavy (non-hydrogen) atoms. The Hall–Kier alpha value is -3.13. The summed E-state index contributed by atoms with van der Waals surface area (Å²) in [6.45, 7) is 8.81. The standard InChI is InChI=1S/C26H28O7S/c1-6-30-23-21(27)18-11-15(24(28)31-13-32-25(29)26(3,4)5)8-9-19(18)33-22(23)17-12-16(17)20-10-7-14(2)34-20/h7-11,16-17H,6,12-13H2,1-5H3. The Labute approximate surface area is 201 Å². The summed E-state index contributed by atoms with van der Waals surface area (Å²) < 4.78 is 21.9. The van der Waals surface area contributed by atoms with Crippen molar-refractivity contribution in [2.45, 2.75) is 52.9 Å². The van der Waals surface area contributed by atoms with Crippen LogP contribution in [0.15, 0.2) is 39.5 Å². The fourth-order valence-electron chi connectivity index (χ4n) is 3.74. The smallest absolute Gasteiger partial charge is 0.341 e. The normalized spacial score (nSPS) is 17.4. The molecule has 1 aliphatic carbocycles. The maximum absolute atomic E-state index is 13.3. The van der Waals surface area contributed by atoms with Gasteiger partial charge in [-0.25, -0.2) is 4.79 Å². The summed E-state index contributed by atoms with van der Waals surface area (Å²) in [5.74, 6) is -0.0487. The fourth-order valence-corrected chi connectivity index (χ4v) is 4.79. The average molecular weight is 485 g/mol. The van der Waals surface area contributed by atoms with Crippen molar-refractivity contribution in [1.29, 1.82) is 0 Å². The summed E-state index contributed by atoms with van der Waals surface area (Å²) in [6, 6.07) is 8.76. The van der Waals surface area contributed by atoms with E-state index < -0.39 is 24.1 Å². The van der Waals surface area contributed by atoms with E-state index in [-0.39, 0.29) is 28.0 Å². The van der Waals surface area contributed by atoms with E-state index in [1.54, 1.807) is 38.2 Å². The highest BCUT2D eigenvalue weighted by molar-refractivity contribution is 7.12. The molecule has 7 nitrogen and oxygen atoms in total. The Morgan fingerprint density at radius 1 is 1.12 bits per heavy atom. The second kappa shape index (κ2) is 9.25. The molecule has 0 bridgehead atoms. The third-order valence-corrected chi connectivity index (χ3v) is 6.78. The van der Waals surface area contributed by atoms with Gasteiger partial charge in [-0.2, -0.15) is 0 Å². The molecule has 1 aliphatic rings. The zero-order chi connectivity index (χ0) is 24.6. The predicted octanol–water partition coefficient (Wildman–Crippen LogP) is 5.54. The molecule has 4 rings (SSSR count). The van der Waals surface area contributed by atoms with Gasteiger partial charge in [-0.05, 0) is 71.4 Å². The summed E-state index contributed by atoms with van der Waals surface area (Å²) in [7, 11) is 0. The lowest BCUT2D eigenvalue weighted by molar-refractivity contribution is -0.161. The van der Waals surface area contributed by atoms with Gasteiger partial charge >= 0.3 is 11.9 Å². The molecule has 2 aromatic heterocycles. The number of fused-ring (bicyclic) bond motifs is 1. The third kappa shape index (κ3) is 4.87. The maximum Gasteiger partial charge on any atom is 0.341 e. The molecule has 3 aromatic rings. The lowest BCUT2D eigenvalue weighted by Crippen LogP contribution is -2.24. The van der Waals surface area contributed by atoms with Gasteiger partial charge in [0.15, 0.2) is 5.76 Å². The van der Waals surface area contributed by atoms with Crippen molar-refractivity contribution in [3.8, 4) is 5.75 Å². The van der Waals surface area contributed by atoms with Crippen LogP contribution in [0.25, 0.3) is 11.0 Å². The summed E-state index contributed by atoms with van der Waals surface area (Å²) >= 11 is 1.76. The Kier molecular flexibility index (Phi) is 6.53. The van der Waals surface area contributed by atoms with Gasteiger partial charge in [0, 0.05) is 21.6 Å². The minimum atomic E-state index is -0.708. The van der Waals surface area contributed by atoms with Crippen molar-refractivity contribution in [3.05, 3.63) is 61.6 Å². The van der Waals surface area contributed by atoms with Gasteiger partial charge in [0.05, 0.1) is 23.0 Å². The highest BCUT2D eigenvalue weighted by Crippen LogP contribution is 2.57. The van der Waals surface area contributed by atoms with E-state index in [0.717, 1.165) is 6.42 Å². The van der Waals surface area contributed by atoms with Gasteiger partial charge < -0.3 is 18.6 Å². The first-order valence-electron chi connectivity index (χ1n) is 11.2. The largest absolute Gasteiger partial charge is 0.487 e. The molecule has 1 saturated carbocycles. The zero-order valence-electron chi connectivity index (χ0n) is 19.9. The van der Waals surface area contributed by atoms with Crippen LogP contribution in [0.5, 0.6) is 5.75 Å². The molecule has 2 unspecified atom stereocenters. The minimum Gasteiger partial charge on any atom is -0.487 e. The molecule has 1 fully saturated rings. The van der Waals surface area contributed by atoms with E-state index >= 15 is 0 Å². The number of hydrogen-bond donors (Lipinski definition) is 0. The summed E-state index contributed by atoms with van der Waals surface area (Å²) in [5, 5.41) is 0.234. The van der Waals surface area contributed by atoms with Crippen LogP contribution in [-0.2, 0) is 14.3 Å². The highest BCUT2D eigenvalue weighted by atomic mass is 32.1. The molecular weight excluding hydrogens is 456 g/mol. The molecule has 0 spiro atoms. The number of ether oxygens (including phenoxy) is 3. The number of aryl methyl sites for hydroxylation is 1.